The van der Waals surface area contributed by atoms with Gasteiger partial charge in [-0.3, -0.25) is 14.5 Å². The minimum absolute atomic E-state index is 0.00886. The molecule has 4 unspecified atom stereocenters. The van der Waals surface area contributed by atoms with Crippen LogP contribution in [0.4, 0.5) is 10.5 Å². The molecule has 2 aliphatic heterocycles. The largest absolute Gasteiger partial charge is 0.461 e. The molecule has 0 spiro atoms. The first-order chi connectivity index (χ1) is 17.5. The lowest BCUT2D eigenvalue weighted by atomic mass is 9.97. The van der Waals surface area contributed by atoms with Gasteiger partial charge in [-0.15, -0.1) is 0 Å². The number of furan rings is 1. The molecule has 9 heteroatoms. The highest BCUT2D eigenvalue weighted by molar-refractivity contribution is 6.01. The number of rotatable bonds is 5. The molecule has 9 nitrogen and oxygen atoms in total. The predicted octanol–water partition coefficient (Wildman–Crippen LogP) is 3.80. The SMILES string of the molecule is CN1C(=O)Cc2ccc(-c3ccc(CC(C#N)NC(=O)C4C5CCC(C5)N4C(=O)OC(C)(C)C)o3)cc21. The van der Waals surface area contributed by atoms with Crippen molar-refractivity contribution in [2.45, 2.75) is 76.6 Å². The lowest BCUT2D eigenvalue weighted by molar-refractivity contribution is -0.128. The zero-order valence-electron chi connectivity index (χ0n) is 21.6. The molecule has 3 heterocycles. The van der Waals surface area contributed by atoms with Gasteiger partial charge in [0.05, 0.1) is 12.5 Å². The number of nitrogens with one attached hydrogen (secondary N) is 1. The number of likely N-dealkylation sites (N-methyl/N-ethyl adjacent to an activating group) is 1. The van der Waals surface area contributed by atoms with Crippen LogP contribution in [0.2, 0.25) is 0 Å². The van der Waals surface area contributed by atoms with Gasteiger partial charge in [0.15, 0.2) is 0 Å². The van der Waals surface area contributed by atoms with Crippen LogP contribution in [0.15, 0.2) is 34.7 Å². The monoisotopic (exact) mass is 504 g/mol. The third-order valence-electron chi connectivity index (χ3n) is 7.44. The Morgan fingerprint density at radius 1 is 1.24 bits per heavy atom. The van der Waals surface area contributed by atoms with Gasteiger partial charge in [0.25, 0.3) is 0 Å². The van der Waals surface area contributed by atoms with Gasteiger partial charge in [-0.25, -0.2) is 4.79 Å². The van der Waals surface area contributed by atoms with Crippen LogP contribution in [0, 0.1) is 17.2 Å². The van der Waals surface area contributed by atoms with E-state index in [2.05, 4.69) is 11.4 Å². The zero-order valence-corrected chi connectivity index (χ0v) is 21.6. The molecule has 2 bridgehead atoms. The lowest BCUT2D eigenvalue weighted by Gasteiger charge is -2.35. The first kappa shape index (κ1) is 24.9. The summed E-state index contributed by atoms with van der Waals surface area (Å²) < 4.78 is 11.6. The number of carbonyl (C=O) groups is 3. The van der Waals surface area contributed by atoms with Gasteiger partial charge in [-0.2, -0.15) is 5.26 Å². The topological polar surface area (TPSA) is 116 Å². The van der Waals surface area contributed by atoms with Crippen LogP contribution in [0.1, 0.15) is 51.4 Å². The molecular weight excluding hydrogens is 472 g/mol. The Morgan fingerprint density at radius 3 is 2.76 bits per heavy atom. The van der Waals surface area contributed by atoms with Crippen molar-refractivity contribution in [3.05, 3.63) is 41.7 Å². The summed E-state index contributed by atoms with van der Waals surface area (Å²) in [7, 11) is 1.76. The Kier molecular flexibility index (Phi) is 6.22. The smallest absolute Gasteiger partial charge is 0.411 e. The molecule has 5 rings (SSSR count). The number of fused-ring (bicyclic) bond motifs is 3. The number of nitriles is 1. The third kappa shape index (κ3) is 4.80. The average molecular weight is 505 g/mol. The predicted molar refractivity (Wildman–Crippen MR) is 135 cm³/mol. The summed E-state index contributed by atoms with van der Waals surface area (Å²) in [5.41, 5.74) is 2.02. The van der Waals surface area contributed by atoms with Crippen molar-refractivity contribution in [2.75, 3.05) is 11.9 Å². The molecule has 0 radical (unpaired) electrons. The van der Waals surface area contributed by atoms with Crippen LogP contribution in [-0.4, -0.2) is 53.6 Å². The fourth-order valence-electron chi connectivity index (χ4n) is 5.73. The van der Waals surface area contributed by atoms with Crippen LogP contribution in [0.25, 0.3) is 11.3 Å². The van der Waals surface area contributed by atoms with E-state index in [4.69, 9.17) is 9.15 Å². The second-order valence-corrected chi connectivity index (χ2v) is 11.2. The summed E-state index contributed by atoms with van der Waals surface area (Å²) in [5, 5.41) is 12.6. The van der Waals surface area contributed by atoms with Gasteiger partial charge in [0.2, 0.25) is 11.8 Å². The highest BCUT2D eigenvalue weighted by atomic mass is 16.6. The maximum absolute atomic E-state index is 13.3. The normalized spacial score (nSPS) is 23.1. The third-order valence-corrected chi connectivity index (χ3v) is 7.44. The minimum Gasteiger partial charge on any atom is -0.461 e. The first-order valence-corrected chi connectivity index (χ1v) is 12.7. The maximum atomic E-state index is 13.3. The highest BCUT2D eigenvalue weighted by Gasteiger charge is 2.52. The van der Waals surface area contributed by atoms with Crippen molar-refractivity contribution in [3.63, 3.8) is 0 Å². The van der Waals surface area contributed by atoms with Crippen molar-refractivity contribution in [3.8, 4) is 17.4 Å². The van der Waals surface area contributed by atoms with Gasteiger partial charge in [-0.1, -0.05) is 12.1 Å². The number of hydrogen-bond acceptors (Lipinski definition) is 6. The molecule has 37 heavy (non-hydrogen) atoms. The minimum atomic E-state index is -0.810. The molecule has 4 atom stereocenters. The molecule has 2 aromatic rings. The van der Waals surface area contributed by atoms with E-state index >= 15 is 0 Å². The second kappa shape index (κ2) is 9.25. The Morgan fingerprint density at radius 2 is 2.03 bits per heavy atom. The number of likely N-dealkylation sites (tertiary alicyclic amines) is 1. The van der Waals surface area contributed by atoms with Crippen molar-refractivity contribution in [1.29, 1.82) is 5.26 Å². The Labute approximate surface area is 216 Å². The summed E-state index contributed by atoms with van der Waals surface area (Å²) >= 11 is 0. The van der Waals surface area contributed by atoms with Crippen LogP contribution < -0.4 is 10.2 Å². The van der Waals surface area contributed by atoms with Crippen LogP contribution in [0.5, 0.6) is 0 Å². The lowest BCUT2D eigenvalue weighted by Crippen LogP contribution is -2.55. The van der Waals surface area contributed by atoms with E-state index in [9.17, 15) is 19.6 Å². The van der Waals surface area contributed by atoms with Crippen molar-refractivity contribution in [1.82, 2.24) is 10.2 Å². The number of piperidine rings is 1. The number of carbonyl (C=O) groups excluding carboxylic acids is 3. The summed E-state index contributed by atoms with van der Waals surface area (Å²) in [5.74, 6) is 0.974. The van der Waals surface area contributed by atoms with Crippen molar-refractivity contribution >= 4 is 23.6 Å². The number of anilines is 1. The number of hydrogen-bond donors (Lipinski definition) is 1. The van der Waals surface area contributed by atoms with E-state index in [-0.39, 0.29) is 30.2 Å². The molecule has 194 valence electrons. The summed E-state index contributed by atoms with van der Waals surface area (Å²) in [6.45, 7) is 5.41. The number of amides is 3. The molecule has 1 saturated heterocycles. The van der Waals surface area contributed by atoms with E-state index < -0.39 is 23.8 Å². The summed E-state index contributed by atoms with van der Waals surface area (Å²) in [4.78, 5) is 41.4. The van der Waals surface area contributed by atoms with E-state index in [0.29, 0.717) is 17.9 Å². The molecule has 2 fully saturated rings. The van der Waals surface area contributed by atoms with E-state index in [1.807, 2.05) is 24.3 Å². The van der Waals surface area contributed by atoms with Crippen molar-refractivity contribution in [2.24, 2.45) is 5.92 Å². The van der Waals surface area contributed by atoms with Gasteiger partial charge in [0, 0.05) is 30.8 Å². The van der Waals surface area contributed by atoms with E-state index in [1.165, 1.54) is 0 Å². The molecule has 1 N–H and O–H groups in total. The molecule has 1 aromatic heterocycles. The number of ether oxygens (including phenoxy) is 1. The molecular formula is C28H32N4O5. The van der Waals surface area contributed by atoms with Gasteiger partial charge < -0.3 is 19.4 Å². The fraction of sp³-hybridized carbons (Fsp3) is 0.500. The molecule has 1 aliphatic carbocycles. The van der Waals surface area contributed by atoms with Crippen LogP contribution >= 0.6 is 0 Å². The Balaban J connectivity index is 1.26. The molecule has 1 aromatic carbocycles. The average Bonchev–Trinajstić information content (AvgIpc) is 3.62. The molecule has 3 amide bonds. The van der Waals surface area contributed by atoms with Crippen LogP contribution in [-0.2, 0) is 27.2 Å². The zero-order chi connectivity index (χ0) is 26.5. The number of nitrogens with zero attached hydrogens (tertiary/aromatic N) is 3. The summed E-state index contributed by atoms with van der Waals surface area (Å²) in [6, 6.07) is 10.1. The summed E-state index contributed by atoms with van der Waals surface area (Å²) in [6.07, 6.45) is 2.62. The standard InChI is InChI=1S/C28H32N4O5/c1-28(2,3)37-27(35)32-20-8-7-18(11-20)25(32)26(34)30-19(15-29)14-21-9-10-23(36-21)17-6-5-16-13-24(33)31(4)22(16)12-17/h5-6,9-10,12,18-20,25H,7-8,11,13-14H2,1-4H3,(H,30,34). The van der Waals surface area contributed by atoms with Gasteiger partial charge in [0.1, 0.15) is 29.2 Å². The molecule has 3 aliphatic rings. The fourth-order valence-corrected chi connectivity index (χ4v) is 5.73. The van der Waals surface area contributed by atoms with E-state index in [0.717, 1.165) is 36.1 Å². The number of benzene rings is 1. The first-order valence-electron chi connectivity index (χ1n) is 12.7. The van der Waals surface area contributed by atoms with Crippen molar-refractivity contribution < 1.29 is 23.5 Å². The van der Waals surface area contributed by atoms with Gasteiger partial charge >= 0.3 is 6.09 Å². The quantitative estimate of drug-likeness (QED) is 0.662. The van der Waals surface area contributed by atoms with Crippen LogP contribution in [0.3, 0.4) is 0 Å². The second-order valence-electron chi connectivity index (χ2n) is 11.2. The van der Waals surface area contributed by atoms with Gasteiger partial charge in [-0.05, 0) is 69.7 Å². The Bertz CT molecular complexity index is 1290. The van der Waals surface area contributed by atoms with E-state index in [1.54, 1.807) is 43.7 Å². The highest BCUT2D eigenvalue weighted by Crippen LogP contribution is 2.43. The maximum Gasteiger partial charge on any atom is 0.411 e. The molecule has 1 saturated carbocycles. The Hall–Kier alpha value is -3.80.